The first-order valence-electron chi connectivity index (χ1n) is 7.77. The summed E-state index contributed by atoms with van der Waals surface area (Å²) in [6.45, 7) is 0. The Kier molecular flexibility index (Phi) is 5.32. The van der Waals surface area contributed by atoms with E-state index in [1.807, 2.05) is 60.7 Å². The van der Waals surface area contributed by atoms with E-state index in [1.54, 1.807) is 6.07 Å². The van der Waals surface area contributed by atoms with Crippen LogP contribution in [0, 0.1) is 0 Å². The van der Waals surface area contributed by atoms with Crippen molar-refractivity contribution in [1.82, 2.24) is 0 Å². The number of hydrogen-bond acceptors (Lipinski definition) is 2. The number of alkyl halides is 2. The van der Waals surface area contributed by atoms with E-state index >= 15 is 0 Å². The molecule has 0 saturated carbocycles. The van der Waals surface area contributed by atoms with Gasteiger partial charge in [0.1, 0.15) is 5.75 Å². The van der Waals surface area contributed by atoms with Crippen LogP contribution in [0.2, 0.25) is 0 Å². The fourth-order valence-electron chi connectivity index (χ4n) is 3.09. The third-order valence-corrected chi connectivity index (χ3v) is 4.12. The number of anilines is 1. The third kappa shape index (κ3) is 3.37. The number of phenols is 1. The van der Waals surface area contributed by atoms with Crippen LogP contribution < -0.4 is 5.73 Å². The molecule has 4 aromatic carbocycles. The molecular weight excluding hydrogens is 353 g/mol. The fraction of sp³-hybridized carbons (Fsp3) is 0.0476. The van der Waals surface area contributed by atoms with Gasteiger partial charge in [-0.3, -0.25) is 0 Å². The zero-order valence-corrected chi connectivity index (χ0v) is 14.9. The zero-order chi connectivity index (χ0) is 17.8. The summed E-state index contributed by atoms with van der Waals surface area (Å²) in [5.74, 6) is 0.252. The maximum absolute atomic E-state index is 10.5. The van der Waals surface area contributed by atoms with E-state index in [0.29, 0.717) is 5.69 Å². The summed E-state index contributed by atoms with van der Waals surface area (Å²) < 4.78 is 0. The Morgan fingerprint density at radius 2 is 1.16 bits per heavy atom. The Hall–Kier alpha value is -2.42. The first-order chi connectivity index (χ1) is 12.2. The van der Waals surface area contributed by atoms with Gasteiger partial charge < -0.3 is 10.8 Å². The van der Waals surface area contributed by atoms with Crippen LogP contribution in [0.4, 0.5) is 5.69 Å². The van der Waals surface area contributed by atoms with Crippen LogP contribution in [0.25, 0.3) is 32.7 Å². The molecule has 0 atom stereocenters. The minimum Gasteiger partial charge on any atom is -0.507 e. The molecule has 4 heteroatoms. The highest BCUT2D eigenvalue weighted by Gasteiger charge is 2.15. The molecule has 0 aliphatic carbocycles. The summed E-state index contributed by atoms with van der Waals surface area (Å²) in [7, 11) is 0. The Bertz CT molecular complexity index is 947. The molecule has 0 fully saturated rings. The number of halogens is 2. The molecule has 4 aromatic rings. The molecule has 0 heterocycles. The van der Waals surface area contributed by atoms with Crippen molar-refractivity contribution < 1.29 is 5.11 Å². The number of hydrogen-bond donors (Lipinski definition) is 2. The summed E-state index contributed by atoms with van der Waals surface area (Å²) in [6.07, 6.45) is 0. The molecule has 3 N–H and O–H groups in total. The van der Waals surface area contributed by atoms with Gasteiger partial charge in [-0.2, -0.15) is 0 Å². The minimum absolute atomic E-state index is 0.194. The van der Waals surface area contributed by atoms with E-state index in [9.17, 15) is 5.11 Å². The molecule has 0 amide bonds. The lowest BCUT2D eigenvalue weighted by molar-refractivity contribution is 0.478. The Morgan fingerprint density at radius 3 is 1.76 bits per heavy atom. The van der Waals surface area contributed by atoms with Gasteiger partial charge in [0.25, 0.3) is 0 Å². The van der Waals surface area contributed by atoms with Crippen LogP contribution in [0.5, 0.6) is 5.75 Å². The maximum Gasteiger partial charge on any atom is 0.124 e. The topological polar surface area (TPSA) is 46.2 Å². The summed E-state index contributed by atoms with van der Waals surface area (Å²) in [5.41, 5.74) is 8.63. The Labute approximate surface area is 156 Å². The monoisotopic (exact) mass is 369 g/mol. The van der Waals surface area contributed by atoms with E-state index < -0.39 is 0 Å². The average molecular weight is 370 g/mol. The number of phenolic OH excluding ortho intramolecular Hbond substituents is 1. The fourth-order valence-corrected chi connectivity index (χ4v) is 3.09. The van der Waals surface area contributed by atoms with Crippen LogP contribution in [0.1, 0.15) is 0 Å². The highest BCUT2D eigenvalue weighted by Crippen LogP contribution is 2.42. The minimum atomic E-state index is 0.194. The predicted octanol–water partition coefficient (Wildman–Crippen LogP) is 6.37. The summed E-state index contributed by atoms with van der Waals surface area (Å²) in [4.78, 5) is 0. The number of benzene rings is 4. The molecule has 0 unspecified atom stereocenters. The van der Waals surface area contributed by atoms with E-state index in [4.69, 9.17) is 28.9 Å². The smallest absolute Gasteiger partial charge is 0.124 e. The number of aromatic hydroxyl groups is 1. The third-order valence-electron chi connectivity index (χ3n) is 4.12. The standard InChI is InChI=1S/C20H15NO.CH2Cl2/c21-17-11-9-13-5-1-3-7-15(13)19(17)20-16-8-4-2-6-14(16)10-12-18(20)22;2-1-3/h1-12,22H,21H2;1H2. The first kappa shape index (κ1) is 17.4. The predicted molar refractivity (Wildman–Crippen MR) is 110 cm³/mol. The van der Waals surface area contributed by atoms with Crippen LogP contribution in [-0.4, -0.2) is 10.4 Å². The van der Waals surface area contributed by atoms with Crippen molar-refractivity contribution in [2.45, 2.75) is 0 Å². The molecule has 25 heavy (non-hydrogen) atoms. The van der Waals surface area contributed by atoms with E-state index in [0.717, 1.165) is 32.7 Å². The summed E-state index contributed by atoms with van der Waals surface area (Å²) in [5, 5.41) is 14.9. The van der Waals surface area contributed by atoms with Crippen LogP contribution in [0.3, 0.4) is 0 Å². The van der Waals surface area contributed by atoms with Crippen molar-refractivity contribution in [3.8, 4) is 16.9 Å². The molecule has 0 radical (unpaired) electrons. The van der Waals surface area contributed by atoms with Crippen molar-refractivity contribution in [2.75, 3.05) is 11.1 Å². The lowest BCUT2D eigenvalue weighted by Crippen LogP contribution is -1.93. The normalized spacial score (nSPS) is 10.5. The van der Waals surface area contributed by atoms with Gasteiger partial charge >= 0.3 is 0 Å². The van der Waals surface area contributed by atoms with Gasteiger partial charge in [-0.15, -0.1) is 23.2 Å². The highest BCUT2D eigenvalue weighted by atomic mass is 35.5. The van der Waals surface area contributed by atoms with Crippen LogP contribution in [-0.2, 0) is 0 Å². The van der Waals surface area contributed by atoms with Gasteiger partial charge in [0, 0.05) is 16.8 Å². The number of rotatable bonds is 1. The molecule has 4 rings (SSSR count). The molecule has 0 spiro atoms. The van der Waals surface area contributed by atoms with Crippen LogP contribution in [0.15, 0.2) is 72.8 Å². The zero-order valence-electron chi connectivity index (χ0n) is 13.4. The summed E-state index contributed by atoms with van der Waals surface area (Å²) in [6, 6.07) is 23.7. The summed E-state index contributed by atoms with van der Waals surface area (Å²) >= 11 is 9.53. The average Bonchev–Trinajstić information content (AvgIpc) is 2.63. The Balaban J connectivity index is 0.000000569. The van der Waals surface area contributed by atoms with Gasteiger partial charge in [0.15, 0.2) is 0 Å². The van der Waals surface area contributed by atoms with Crippen molar-refractivity contribution in [3.05, 3.63) is 72.8 Å². The second-order valence-corrected chi connectivity index (χ2v) is 6.34. The van der Waals surface area contributed by atoms with Gasteiger partial charge in [-0.05, 0) is 33.7 Å². The van der Waals surface area contributed by atoms with Crippen molar-refractivity contribution >= 4 is 50.4 Å². The molecule has 0 aliphatic rings. The first-order valence-corrected chi connectivity index (χ1v) is 8.84. The van der Waals surface area contributed by atoms with Crippen molar-refractivity contribution in [2.24, 2.45) is 0 Å². The molecule has 126 valence electrons. The molecule has 0 aliphatic heterocycles. The van der Waals surface area contributed by atoms with E-state index in [-0.39, 0.29) is 11.1 Å². The van der Waals surface area contributed by atoms with Gasteiger partial charge in [0.2, 0.25) is 0 Å². The van der Waals surface area contributed by atoms with Crippen molar-refractivity contribution in [1.29, 1.82) is 0 Å². The largest absolute Gasteiger partial charge is 0.507 e. The Morgan fingerprint density at radius 1 is 0.680 bits per heavy atom. The highest BCUT2D eigenvalue weighted by molar-refractivity contribution is 6.40. The molecular formula is C21H17Cl2NO. The molecule has 0 bridgehead atoms. The molecule has 0 aromatic heterocycles. The number of fused-ring (bicyclic) bond motifs is 2. The van der Waals surface area contributed by atoms with Gasteiger partial charge in [-0.1, -0.05) is 60.7 Å². The molecule has 2 nitrogen and oxygen atoms in total. The maximum atomic E-state index is 10.5. The number of nitrogen functional groups attached to an aromatic ring is 1. The SMILES string of the molecule is ClCCl.Nc1ccc2ccccc2c1-c1c(O)ccc2ccccc12. The second kappa shape index (κ2) is 7.64. The van der Waals surface area contributed by atoms with Gasteiger partial charge in [0.05, 0.1) is 5.34 Å². The van der Waals surface area contributed by atoms with Crippen LogP contribution >= 0.6 is 23.2 Å². The van der Waals surface area contributed by atoms with Crippen molar-refractivity contribution in [3.63, 3.8) is 0 Å². The van der Waals surface area contributed by atoms with Gasteiger partial charge in [-0.25, -0.2) is 0 Å². The number of nitrogens with two attached hydrogens (primary N) is 1. The van der Waals surface area contributed by atoms with E-state index in [2.05, 4.69) is 6.07 Å². The van der Waals surface area contributed by atoms with E-state index in [1.165, 1.54) is 0 Å². The quantitative estimate of drug-likeness (QED) is 0.302. The lowest BCUT2D eigenvalue weighted by Gasteiger charge is -2.14. The second-order valence-electron chi connectivity index (χ2n) is 5.53. The lowest BCUT2D eigenvalue weighted by atomic mass is 9.92. The molecule has 0 saturated heterocycles.